The minimum Gasteiger partial charge on any atom is -0.508 e. The number of nitrogens with zero attached hydrogens (tertiary/aromatic N) is 1. The van der Waals surface area contributed by atoms with E-state index in [1.807, 2.05) is 12.1 Å². The van der Waals surface area contributed by atoms with E-state index in [9.17, 15) is 5.11 Å². The molecule has 0 spiro atoms. The quantitative estimate of drug-likeness (QED) is 0.885. The lowest BCUT2D eigenvalue weighted by Gasteiger charge is -2.32. The number of ether oxygens (including phenoxy) is 1. The van der Waals surface area contributed by atoms with Gasteiger partial charge in [-0.05, 0) is 49.9 Å². The molecule has 3 nitrogen and oxygen atoms in total. The van der Waals surface area contributed by atoms with Gasteiger partial charge in [-0.15, -0.1) is 0 Å². The van der Waals surface area contributed by atoms with Crippen molar-refractivity contribution in [3.05, 3.63) is 29.8 Å². The molecule has 1 aromatic carbocycles. The van der Waals surface area contributed by atoms with Crippen molar-refractivity contribution in [2.45, 2.75) is 32.2 Å². The van der Waals surface area contributed by atoms with Crippen LogP contribution in [0, 0.1) is 5.92 Å². The van der Waals surface area contributed by atoms with Crippen molar-refractivity contribution in [3.63, 3.8) is 0 Å². The van der Waals surface area contributed by atoms with Crippen LogP contribution in [0.2, 0.25) is 0 Å². The number of phenolic OH excluding ortho intramolecular Hbond substituents is 1. The van der Waals surface area contributed by atoms with Gasteiger partial charge in [-0.3, -0.25) is 4.90 Å². The maximum atomic E-state index is 9.38. The van der Waals surface area contributed by atoms with Crippen LogP contribution in [0.5, 0.6) is 5.75 Å². The lowest BCUT2D eigenvalue weighted by molar-refractivity contribution is 0.0499. The molecule has 0 amide bonds. The van der Waals surface area contributed by atoms with Gasteiger partial charge in [0.1, 0.15) is 5.75 Å². The van der Waals surface area contributed by atoms with Crippen molar-refractivity contribution < 1.29 is 9.84 Å². The van der Waals surface area contributed by atoms with Gasteiger partial charge < -0.3 is 9.84 Å². The molecule has 1 atom stereocenters. The summed E-state index contributed by atoms with van der Waals surface area (Å²) in [5.41, 5.74) is 1.29. The Balaban J connectivity index is 1.97. The minimum atomic E-state index is 0.339. The van der Waals surface area contributed by atoms with E-state index in [1.165, 1.54) is 18.4 Å². The summed E-state index contributed by atoms with van der Waals surface area (Å²) in [6, 6.07) is 8.05. The van der Waals surface area contributed by atoms with Crippen LogP contribution in [-0.2, 0) is 4.74 Å². The molecule has 1 fully saturated rings. The highest BCUT2D eigenvalue weighted by atomic mass is 16.5. The van der Waals surface area contributed by atoms with Crippen molar-refractivity contribution >= 4 is 0 Å². The Labute approximate surface area is 116 Å². The molecule has 1 aromatic rings. The normalized spacial score (nSPS) is 18.7. The summed E-state index contributed by atoms with van der Waals surface area (Å²) in [4.78, 5) is 2.45. The average Bonchev–Trinajstić information content (AvgIpc) is 2.43. The van der Waals surface area contributed by atoms with Crippen LogP contribution in [0.15, 0.2) is 24.3 Å². The Morgan fingerprint density at radius 3 is 2.47 bits per heavy atom. The summed E-state index contributed by atoms with van der Waals surface area (Å²) >= 11 is 0. The van der Waals surface area contributed by atoms with Gasteiger partial charge in [-0.1, -0.05) is 19.1 Å². The fraction of sp³-hybridized carbons (Fsp3) is 0.625. The first-order chi connectivity index (χ1) is 9.20. The Morgan fingerprint density at radius 1 is 1.26 bits per heavy atom. The SMILES string of the molecule is CCC(c1ccc(O)cc1)N(C)CC1CCOCC1. The predicted octanol–water partition coefficient (Wildman–Crippen LogP) is 3.20. The van der Waals surface area contributed by atoms with Crippen molar-refractivity contribution in [1.29, 1.82) is 0 Å². The van der Waals surface area contributed by atoms with Crippen LogP contribution in [0.1, 0.15) is 37.8 Å². The lowest BCUT2D eigenvalue weighted by Crippen LogP contribution is -2.32. The fourth-order valence-electron chi connectivity index (χ4n) is 2.96. The smallest absolute Gasteiger partial charge is 0.115 e. The molecule has 1 N–H and O–H groups in total. The molecule has 0 saturated carbocycles. The van der Waals surface area contributed by atoms with Crippen molar-refractivity contribution in [1.82, 2.24) is 4.90 Å². The molecule has 3 heteroatoms. The summed E-state index contributed by atoms with van der Waals surface area (Å²) in [7, 11) is 2.20. The molecule has 1 saturated heterocycles. The van der Waals surface area contributed by atoms with Gasteiger partial charge in [0.2, 0.25) is 0 Å². The average molecular weight is 263 g/mol. The number of hydrogen-bond acceptors (Lipinski definition) is 3. The first-order valence-electron chi connectivity index (χ1n) is 7.27. The second-order valence-corrected chi connectivity index (χ2v) is 5.51. The zero-order valence-electron chi connectivity index (χ0n) is 12.0. The molecule has 0 radical (unpaired) electrons. The van der Waals surface area contributed by atoms with Crippen molar-refractivity contribution in [2.24, 2.45) is 5.92 Å². The number of hydrogen-bond donors (Lipinski definition) is 1. The second kappa shape index (κ2) is 6.92. The van der Waals surface area contributed by atoms with Gasteiger partial charge in [0.25, 0.3) is 0 Å². The number of aromatic hydroxyl groups is 1. The first kappa shape index (κ1) is 14.4. The number of rotatable bonds is 5. The van der Waals surface area contributed by atoms with Crippen molar-refractivity contribution in [2.75, 3.05) is 26.8 Å². The second-order valence-electron chi connectivity index (χ2n) is 5.51. The molecule has 1 aliphatic rings. The maximum Gasteiger partial charge on any atom is 0.115 e. The van der Waals surface area contributed by atoms with Gasteiger partial charge in [-0.25, -0.2) is 0 Å². The molecule has 0 aliphatic carbocycles. The zero-order chi connectivity index (χ0) is 13.7. The molecule has 19 heavy (non-hydrogen) atoms. The summed E-state index contributed by atoms with van der Waals surface area (Å²) < 4.78 is 5.42. The van der Waals surface area contributed by atoms with Gasteiger partial charge in [0, 0.05) is 25.8 Å². The van der Waals surface area contributed by atoms with E-state index in [0.29, 0.717) is 11.8 Å². The predicted molar refractivity (Wildman–Crippen MR) is 77.3 cm³/mol. The summed E-state index contributed by atoms with van der Waals surface area (Å²) in [5, 5.41) is 9.38. The van der Waals surface area contributed by atoms with Crippen LogP contribution >= 0.6 is 0 Å². The maximum absolute atomic E-state index is 9.38. The van der Waals surface area contributed by atoms with E-state index in [1.54, 1.807) is 12.1 Å². The molecule has 1 unspecified atom stereocenters. The Bertz CT molecular complexity index is 371. The number of benzene rings is 1. The van der Waals surface area contributed by atoms with E-state index in [2.05, 4.69) is 18.9 Å². The lowest BCUT2D eigenvalue weighted by atomic mass is 9.97. The third-order valence-corrected chi connectivity index (χ3v) is 4.08. The van der Waals surface area contributed by atoms with E-state index in [0.717, 1.165) is 32.1 Å². The van der Waals surface area contributed by atoms with E-state index < -0.39 is 0 Å². The van der Waals surface area contributed by atoms with Crippen LogP contribution < -0.4 is 0 Å². The zero-order valence-corrected chi connectivity index (χ0v) is 12.0. The summed E-state index contributed by atoms with van der Waals surface area (Å²) in [6.45, 7) is 5.17. The molecule has 106 valence electrons. The van der Waals surface area contributed by atoms with Gasteiger partial charge in [-0.2, -0.15) is 0 Å². The topological polar surface area (TPSA) is 32.7 Å². The number of phenols is 1. The summed E-state index contributed by atoms with van der Waals surface area (Å²) in [6.07, 6.45) is 3.44. The molecule has 1 aliphatic heterocycles. The van der Waals surface area contributed by atoms with E-state index in [4.69, 9.17) is 4.74 Å². The van der Waals surface area contributed by atoms with Crippen LogP contribution in [0.25, 0.3) is 0 Å². The van der Waals surface area contributed by atoms with Crippen molar-refractivity contribution in [3.8, 4) is 5.75 Å². The highest BCUT2D eigenvalue weighted by Gasteiger charge is 2.20. The standard InChI is InChI=1S/C16H25NO2/c1-3-16(14-4-6-15(18)7-5-14)17(2)12-13-8-10-19-11-9-13/h4-7,13,16,18H,3,8-12H2,1-2H3. The minimum absolute atomic E-state index is 0.339. The molecule has 0 aromatic heterocycles. The van der Waals surface area contributed by atoms with E-state index >= 15 is 0 Å². The van der Waals surface area contributed by atoms with E-state index in [-0.39, 0.29) is 0 Å². The largest absolute Gasteiger partial charge is 0.508 e. The monoisotopic (exact) mass is 263 g/mol. The van der Waals surface area contributed by atoms with Gasteiger partial charge >= 0.3 is 0 Å². The Morgan fingerprint density at radius 2 is 1.89 bits per heavy atom. The Hall–Kier alpha value is -1.06. The first-order valence-corrected chi connectivity index (χ1v) is 7.27. The van der Waals surface area contributed by atoms with Crippen LogP contribution in [0.4, 0.5) is 0 Å². The summed E-state index contributed by atoms with van der Waals surface area (Å²) in [5.74, 6) is 1.09. The molecular formula is C16H25NO2. The highest BCUT2D eigenvalue weighted by Crippen LogP contribution is 2.27. The molecule has 1 heterocycles. The van der Waals surface area contributed by atoms with Crippen LogP contribution in [0.3, 0.4) is 0 Å². The molecule has 2 rings (SSSR count). The Kier molecular flexibility index (Phi) is 5.23. The fourth-order valence-corrected chi connectivity index (χ4v) is 2.96. The van der Waals surface area contributed by atoms with Gasteiger partial charge in [0.05, 0.1) is 0 Å². The molecular weight excluding hydrogens is 238 g/mol. The third-order valence-electron chi connectivity index (χ3n) is 4.08. The van der Waals surface area contributed by atoms with Crippen LogP contribution in [-0.4, -0.2) is 36.8 Å². The highest BCUT2D eigenvalue weighted by molar-refractivity contribution is 5.28. The van der Waals surface area contributed by atoms with Gasteiger partial charge in [0.15, 0.2) is 0 Å². The molecule has 0 bridgehead atoms. The third kappa shape index (κ3) is 3.95.